The predicted octanol–water partition coefficient (Wildman–Crippen LogP) is 2.39. The lowest BCUT2D eigenvalue weighted by Gasteiger charge is -2.15. The van der Waals surface area contributed by atoms with E-state index in [0.29, 0.717) is 12.0 Å². The van der Waals surface area contributed by atoms with Crippen LogP contribution in [0.2, 0.25) is 0 Å². The molecule has 1 unspecified atom stereocenters. The fourth-order valence-corrected chi connectivity index (χ4v) is 1.49. The summed E-state index contributed by atoms with van der Waals surface area (Å²) in [7, 11) is 1.31. The Bertz CT molecular complexity index is 376. The zero-order valence-electron chi connectivity index (χ0n) is 10.1. The molecule has 1 rings (SSSR count). The number of hydrogen-bond donors (Lipinski definition) is 1. The number of carbonyl (C=O) groups is 2. The monoisotopic (exact) mass is 235 g/mol. The van der Waals surface area contributed by atoms with Gasteiger partial charge >= 0.3 is 6.09 Å². The van der Waals surface area contributed by atoms with Gasteiger partial charge < -0.3 is 10.1 Å². The fourth-order valence-electron chi connectivity index (χ4n) is 1.49. The van der Waals surface area contributed by atoms with E-state index in [0.717, 1.165) is 0 Å². The lowest BCUT2D eigenvalue weighted by atomic mass is 10.0. The Morgan fingerprint density at radius 2 is 1.94 bits per heavy atom. The summed E-state index contributed by atoms with van der Waals surface area (Å²) in [5.74, 6) is 0.0221. The van der Waals surface area contributed by atoms with Crippen LogP contribution < -0.4 is 5.32 Å². The van der Waals surface area contributed by atoms with Crippen molar-refractivity contribution in [1.29, 1.82) is 0 Å². The minimum absolute atomic E-state index is 0.0221. The number of hydrogen-bond acceptors (Lipinski definition) is 3. The molecule has 0 saturated carbocycles. The van der Waals surface area contributed by atoms with Gasteiger partial charge in [0, 0.05) is 18.0 Å². The largest absolute Gasteiger partial charge is 0.453 e. The lowest BCUT2D eigenvalue weighted by Crippen LogP contribution is -2.35. The van der Waals surface area contributed by atoms with Crippen LogP contribution in [0.15, 0.2) is 30.3 Å². The number of Topliss-reactive ketones (excluding diaryl/α,β-unsaturated/α-hetero) is 1. The highest BCUT2D eigenvalue weighted by molar-refractivity contribution is 5.96. The summed E-state index contributed by atoms with van der Waals surface area (Å²) in [5.41, 5.74) is 0.664. The minimum Gasteiger partial charge on any atom is -0.453 e. The molecule has 0 aromatic heterocycles. The zero-order valence-corrected chi connectivity index (χ0v) is 10.1. The number of carbonyl (C=O) groups excluding carboxylic acids is 2. The van der Waals surface area contributed by atoms with E-state index in [4.69, 9.17) is 0 Å². The molecule has 1 amide bonds. The average Bonchev–Trinajstić information content (AvgIpc) is 2.38. The summed E-state index contributed by atoms with van der Waals surface area (Å²) in [6.07, 6.45) is 0.473. The number of methoxy groups -OCH3 is 1. The lowest BCUT2D eigenvalue weighted by molar-refractivity contribution is 0.0966. The molecular weight excluding hydrogens is 218 g/mol. The maximum absolute atomic E-state index is 11.9. The fraction of sp³-hybridized carbons (Fsp3) is 0.385. The van der Waals surface area contributed by atoms with Crippen LogP contribution in [0.3, 0.4) is 0 Å². The summed E-state index contributed by atoms with van der Waals surface area (Å²) in [5, 5.41) is 2.64. The van der Waals surface area contributed by atoms with E-state index in [1.54, 1.807) is 12.1 Å². The number of alkyl carbamates (subject to hydrolysis) is 1. The van der Waals surface area contributed by atoms with Crippen LogP contribution in [0.4, 0.5) is 4.79 Å². The Morgan fingerprint density at radius 3 is 2.47 bits per heavy atom. The number of ketones is 1. The zero-order chi connectivity index (χ0) is 12.7. The van der Waals surface area contributed by atoms with Gasteiger partial charge in [-0.05, 0) is 6.42 Å². The molecule has 0 radical (unpaired) electrons. The van der Waals surface area contributed by atoms with Crippen LogP contribution in [-0.4, -0.2) is 25.0 Å². The molecule has 0 aliphatic rings. The van der Waals surface area contributed by atoms with Crippen molar-refractivity contribution < 1.29 is 14.3 Å². The molecule has 1 aromatic carbocycles. The van der Waals surface area contributed by atoms with Crippen molar-refractivity contribution in [2.75, 3.05) is 7.11 Å². The molecule has 92 valence electrons. The average molecular weight is 235 g/mol. The first-order valence-corrected chi connectivity index (χ1v) is 5.60. The van der Waals surface area contributed by atoms with Crippen molar-refractivity contribution in [3.63, 3.8) is 0 Å². The highest BCUT2D eigenvalue weighted by Crippen LogP contribution is 2.07. The van der Waals surface area contributed by atoms with Gasteiger partial charge in [0.15, 0.2) is 5.78 Å². The molecule has 17 heavy (non-hydrogen) atoms. The Hall–Kier alpha value is -1.84. The van der Waals surface area contributed by atoms with E-state index in [1.807, 2.05) is 25.1 Å². The third kappa shape index (κ3) is 4.26. The van der Waals surface area contributed by atoms with Crippen molar-refractivity contribution in [2.24, 2.45) is 0 Å². The Morgan fingerprint density at radius 1 is 1.29 bits per heavy atom. The van der Waals surface area contributed by atoms with Gasteiger partial charge in [0.2, 0.25) is 0 Å². The first kappa shape index (κ1) is 13.2. The molecule has 0 saturated heterocycles. The van der Waals surface area contributed by atoms with Crippen molar-refractivity contribution in [3.05, 3.63) is 35.9 Å². The molecule has 0 fully saturated rings. The molecule has 1 N–H and O–H groups in total. The third-order valence-corrected chi connectivity index (χ3v) is 2.53. The smallest absolute Gasteiger partial charge is 0.407 e. The molecule has 4 heteroatoms. The second kappa shape index (κ2) is 6.68. The SMILES string of the molecule is CCC(CC(=O)c1ccccc1)NC(=O)OC. The molecule has 1 atom stereocenters. The van der Waals surface area contributed by atoms with E-state index in [2.05, 4.69) is 10.1 Å². The van der Waals surface area contributed by atoms with Crippen molar-refractivity contribution >= 4 is 11.9 Å². The van der Waals surface area contributed by atoms with Crippen LogP contribution >= 0.6 is 0 Å². The van der Waals surface area contributed by atoms with Gasteiger partial charge in [-0.25, -0.2) is 4.79 Å². The number of rotatable bonds is 5. The molecule has 0 heterocycles. The maximum Gasteiger partial charge on any atom is 0.407 e. The van der Waals surface area contributed by atoms with Crippen LogP contribution in [0.25, 0.3) is 0 Å². The van der Waals surface area contributed by atoms with Gasteiger partial charge in [0.05, 0.1) is 7.11 Å². The summed E-state index contributed by atoms with van der Waals surface area (Å²) in [6.45, 7) is 1.92. The van der Waals surface area contributed by atoms with E-state index in [1.165, 1.54) is 7.11 Å². The maximum atomic E-state index is 11.9. The molecule has 4 nitrogen and oxygen atoms in total. The molecule has 0 spiro atoms. The van der Waals surface area contributed by atoms with E-state index in [-0.39, 0.29) is 18.2 Å². The van der Waals surface area contributed by atoms with Gasteiger partial charge in [-0.2, -0.15) is 0 Å². The highest BCUT2D eigenvalue weighted by atomic mass is 16.5. The first-order chi connectivity index (χ1) is 8.17. The van der Waals surface area contributed by atoms with Crippen LogP contribution in [0.5, 0.6) is 0 Å². The number of nitrogens with one attached hydrogen (secondary N) is 1. The van der Waals surface area contributed by atoms with Crippen molar-refractivity contribution in [3.8, 4) is 0 Å². The molecule has 0 bridgehead atoms. The standard InChI is InChI=1S/C13H17NO3/c1-3-11(14-13(16)17-2)9-12(15)10-7-5-4-6-8-10/h4-8,11H,3,9H2,1-2H3,(H,14,16). The van der Waals surface area contributed by atoms with Crippen molar-refractivity contribution in [2.45, 2.75) is 25.8 Å². The van der Waals surface area contributed by atoms with Gasteiger partial charge in [0.25, 0.3) is 0 Å². The van der Waals surface area contributed by atoms with Gasteiger partial charge in [-0.15, -0.1) is 0 Å². The quantitative estimate of drug-likeness (QED) is 0.797. The Kier molecular flexibility index (Phi) is 5.20. The van der Waals surface area contributed by atoms with E-state index >= 15 is 0 Å². The molecule has 0 aliphatic carbocycles. The van der Waals surface area contributed by atoms with Crippen LogP contribution in [0, 0.1) is 0 Å². The summed E-state index contributed by atoms with van der Waals surface area (Å²) in [6, 6.07) is 8.86. The number of amides is 1. The molecular formula is C13H17NO3. The third-order valence-electron chi connectivity index (χ3n) is 2.53. The topological polar surface area (TPSA) is 55.4 Å². The van der Waals surface area contributed by atoms with E-state index < -0.39 is 6.09 Å². The molecule has 1 aromatic rings. The van der Waals surface area contributed by atoms with E-state index in [9.17, 15) is 9.59 Å². The van der Waals surface area contributed by atoms with Crippen LogP contribution in [0.1, 0.15) is 30.1 Å². The summed E-state index contributed by atoms with van der Waals surface area (Å²) in [4.78, 5) is 22.9. The van der Waals surface area contributed by atoms with Gasteiger partial charge in [-0.1, -0.05) is 37.3 Å². The second-order valence-electron chi connectivity index (χ2n) is 3.73. The number of ether oxygens (including phenoxy) is 1. The minimum atomic E-state index is -0.502. The summed E-state index contributed by atoms with van der Waals surface area (Å²) >= 11 is 0. The number of benzene rings is 1. The Balaban J connectivity index is 2.57. The van der Waals surface area contributed by atoms with Crippen molar-refractivity contribution in [1.82, 2.24) is 5.32 Å². The predicted molar refractivity (Wildman–Crippen MR) is 65.0 cm³/mol. The molecule has 0 aliphatic heterocycles. The normalized spacial score (nSPS) is 11.6. The second-order valence-corrected chi connectivity index (χ2v) is 3.73. The van der Waals surface area contributed by atoms with Gasteiger partial charge in [0.1, 0.15) is 0 Å². The summed E-state index contributed by atoms with van der Waals surface area (Å²) < 4.78 is 4.51. The highest BCUT2D eigenvalue weighted by Gasteiger charge is 2.15. The first-order valence-electron chi connectivity index (χ1n) is 5.60. The van der Waals surface area contributed by atoms with Crippen LogP contribution in [-0.2, 0) is 4.74 Å². The van der Waals surface area contributed by atoms with Gasteiger partial charge in [-0.3, -0.25) is 4.79 Å². The Labute approximate surface area is 101 Å².